The summed E-state index contributed by atoms with van der Waals surface area (Å²) in [4.78, 5) is 15.6. The Morgan fingerprint density at radius 2 is 2.15 bits per heavy atom. The number of para-hydroxylation sites is 1. The zero-order valence-electron chi connectivity index (χ0n) is 11.9. The first-order valence-corrected chi connectivity index (χ1v) is 7.01. The summed E-state index contributed by atoms with van der Waals surface area (Å²) in [5.74, 6) is -0.951. The topological polar surface area (TPSA) is 62.2 Å². The fraction of sp³-hybridized carbons (Fsp3) is 0.375. The molecule has 1 aromatic heterocycles. The van der Waals surface area contributed by atoms with E-state index < -0.39 is 5.97 Å². The minimum Gasteiger partial charge on any atom is -0.478 e. The molecule has 0 saturated carbocycles. The van der Waals surface area contributed by atoms with Crippen LogP contribution in [0.5, 0.6) is 0 Å². The average molecular weight is 272 g/mol. The van der Waals surface area contributed by atoms with Crippen LogP contribution in [0.1, 0.15) is 43.5 Å². The molecular weight excluding hydrogens is 252 g/mol. The van der Waals surface area contributed by atoms with E-state index in [-0.39, 0.29) is 11.6 Å². The molecule has 1 unspecified atom stereocenters. The van der Waals surface area contributed by atoms with E-state index >= 15 is 0 Å². The van der Waals surface area contributed by atoms with Crippen molar-refractivity contribution in [3.05, 3.63) is 36.0 Å². The maximum absolute atomic E-state index is 11.4. The van der Waals surface area contributed by atoms with E-state index in [1.807, 2.05) is 24.3 Å². The van der Waals surface area contributed by atoms with E-state index in [9.17, 15) is 9.90 Å². The lowest BCUT2D eigenvalue weighted by atomic mass is 10.1. The largest absolute Gasteiger partial charge is 0.478 e. The van der Waals surface area contributed by atoms with Crippen LogP contribution in [0.3, 0.4) is 0 Å². The zero-order valence-corrected chi connectivity index (χ0v) is 11.9. The summed E-state index contributed by atoms with van der Waals surface area (Å²) in [6, 6.07) is 7.84. The molecule has 0 aliphatic heterocycles. The van der Waals surface area contributed by atoms with Crippen LogP contribution in [0, 0.1) is 0 Å². The molecule has 0 radical (unpaired) electrons. The highest BCUT2D eigenvalue weighted by Gasteiger charge is 2.15. The average Bonchev–Trinajstić information content (AvgIpc) is 2.45. The predicted molar refractivity (Wildman–Crippen MR) is 81.3 cm³/mol. The Balaban J connectivity index is 2.41. The van der Waals surface area contributed by atoms with Gasteiger partial charge in [-0.2, -0.15) is 0 Å². The molecule has 20 heavy (non-hydrogen) atoms. The van der Waals surface area contributed by atoms with Gasteiger partial charge < -0.3 is 10.4 Å². The van der Waals surface area contributed by atoms with Crippen molar-refractivity contribution in [3.8, 4) is 0 Å². The zero-order chi connectivity index (χ0) is 14.5. The van der Waals surface area contributed by atoms with Crippen LogP contribution in [0.25, 0.3) is 10.9 Å². The van der Waals surface area contributed by atoms with Gasteiger partial charge >= 0.3 is 5.97 Å². The van der Waals surface area contributed by atoms with Crippen LogP contribution >= 0.6 is 0 Å². The molecule has 2 rings (SSSR count). The van der Waals surface area contributed by atoms with Gasteiger partial charge in [0.1, 0.15) is 5.56 Å². The second kappa shape index (κ2) is 6.37. The molecule has 1 atom stereocenters. The Bertz CT molecular complexity index is 610. The maximum Gasteiger partial charge on any atom is 0.339 e. The van der Waals surface area contributed by atoms with Gasteiger partial charge in [0.15, 0.2) is 0 Å². The number of carboxylic acid groups (broad SMARTS) is 1. The quantitative estimate of drug-likeness (QED) is 0.836. The third-order valence-corrected chi connectivity index (χ3v) is 3.39. The summed E-state index contributed by atoms with van der Waals surface area (Å²) in [6.07, 6.45) is 4.71. The standard InChI is InChI=1S/C16H20N2O2/c1-3-4-7-11(2)18-15-12-8-5-6-9-14(12)17-10-13(15)16(19)20/h5-6,8-11H,3-4,7H2,1-2H3,(H,17,18)(H,19,20). The van der Waals surface area contributed by atoms with Crippen LogP contribution in [0.15, 0.2) is 30.5 Å². The molecule has 4 heteroatoms. The van der Waals surface area contributed by atoms with Gasteiger partial charge in [0, 0.05) is 17.6 Å². The van der Waals surface area contributed by atoms with Crippen LogP contribution in [-0.4, -0.2) is 22.1 Å². The molecule has 1 heterocycles. The summed E-state index contributed by atoms with van der Waals surface area (Å²) < 4.78 is 0. The van der Waals surface area contributed by atoms with Gasteiger partial charge in [0.25, 0.3) is 0 Å². The molecule has 0 amide bonds. The smallest absolute Gasteiger partial charge is 0.339 e. The predicted octanol–water partition coefficient (Wildman–Crippen LogP) is 3.92. The van der Waals surface area contributed by atoms with Crippen LogP contribution < -0.4 is 5.32 Å². The van der Waals surface area contributed by atoms with Crippen molar-refractivity contribution in [2.75, 3.05) is 5.32 Å². The Kier molecular flexibility index (Phi) is 4.56. The number of benzene rings is 1. The van der Waals surface area contributed by atoms with Crippen molar-refractivity contribution < 1.29 is 9.90 Å². The van der Waals surface area contributed by atoms with Crippen molar-refractivity contribution in [2.45, 2.75) is 39.2 Å². The number of aromatic carboxylic acids is 1. The van der Waals surface area contributed by atoms with E-state index in [0.717, 1.165) is 30.2 Å². The molecule has 0 aliphatic rings. The summed E-state index contributed by atoms with van der Waals surface area (Å²) >= 11 is 0. The van der Waals surface area contributed by atoms with Crippen LogP contribution in [0.4, 0.5) is 5.69 Å². The summed E-state index contributed by atoms with van der Waals surface area (Å²) in [7, 11) is 0. The lowest BCUT2D eigenvalue weighted by molar-refractivity contribution is 0.0697. The van der Waals surface area contributed by atoms with Crippen molar-refractivity contribution in [1.29, 1.82) is 0 Å². The van der Waals surface area contributed by atoms with Gasteiger partial charge in [-0.1, -0.05) is 38.0 Å². The molecule has 2 N–H and O–H groups in total. The number of hydrogen-bond donors (Lipinski definition) is 2. The second-order valence-electron chi connectivity index (χ2n) is 5.06. The van der Waals surface area contributed by atoms with E-state index in [1.54, 1.807) is 0 Å². The molecule has 4 nitrogen and oxygen atoms in total. The van der Waals surface area contributed by atoms with Gasteiger partial charge in [-0.05, 0) is 19.4 Å². The number of hydrogen-bond acceptors (Lipinski definition) is 3. The minimum absolute atomic E-state index is 0.229. The van der Waals surface area contributed by atoms with Gasteiger partial charge in [0.05, 0.1) is 11.2 Å². The Morgan fingerprint density at radius 3 is 2.85 bits per heavy atom. The SMILES string of the molecule is CCCCC(C)Nc1c(C(=O)O)cnc2ccccc12. The Labute approximate surface area is 118 Å². The Hall–Kier alpha value is -2.10. The number of unbranched alkanes of at least 4 members (excludes halogenated alkanes) is 1. The van der Waals surface area contributed by atoms with Crippen molar-refractivity contribution in [1.82, 2.24) is 4.98 Å². The molecular formula is C16H20N2O2. The van der Waals surface area contributed by atoms with Crippen molar-refractivity contribution >= 4 is 22.6 Å². The number of nitrogens with one attached hydrogen (secondary N) is 1. The number of nitrogens with zero attached hydrogens (tertiary/aromatic N) is 1. The number of carbonyl (C=O) groups is 1. The number of carboxylic acids is 1. The van der Waals surface area contributed by atoms with Crippen molar-refractivity contribution in [2.24, 2.45) is 0 Å². The maximum atomic E-state index is 11.4. The fourth-order valence-electron chi connectivity index (χ4n) is 2.29. The highest BCUT2D eigenvalue weighted by atomic mass is 16.4. The van der Waals surface area contributed by atoms with Gasteiger partial charge in [-0.15, -0.1) is 0 Å². The molecule has 106 valence electrons. The molecule has 0 fully saturated rings. The molecule has 2 aromatic rings. The van der Waals surface area contributed by atoms with E-state index in [0.29, 0.717) is 5.69 Å². The number of anilines is 1. The highest BCUT2D eigenvalue weighted by molar-refractivity contribution is 6.04. The lowest BCUT2D eigenvalue weighted by Crippen LogP contribution is -2.18. The molecule has 0 bridgehead atoms. The van der Waals surface area contributed by atoms with Crippen LogP contribution in [0.2, 0.25) is 0 Å². The molecule has 0 aliphatic carbocycles. The highest BCUT2D eigenvalue weighted by Crippen LogP contribution is 2.27. The van der Waals surface area contributed by atoms with Crippen molar-refractivity contribution in [3.63, 3.8) is 0 Å². The van der Waals surface area contributed by atoms with E-state index in [2.05, 4.69) is 24.1 Å². The first kappa shape index (κ1) is 14.3. The Morgan fingerprint density at radius 1 is 1.40 bits per heavy atom. The number of aromatic nitrogens is 1. The third kappa shape index (κ3) is 3.07. The second-order valence-corrected chi connectivity index (χ2v) is 5.06. The summed E-state index contributed by atoms with van der Waals surface area (Å²) in [5.41, 5.74) is 1.71. The minimum atomic E-state index is -0.951. The van der Waals surface area contributed by atoms with Gasteiger partial charge in [0.2, 0.25) is 0 Å². The van der Waals surface area contributed by atoms with Crippen LogP contribution in [-0.2, 0) is 0 Å². The molecule has 0 spiro atoms. The van der Waals surface area contributed by atoms with Gasteiger partial charge in [-0.25, -0.2) is 4.79 Å². The molecule has 0 saturated heterocycles. The number of fused-ring (bicyclic) bond motifs is 1. The van der Waals surface area contributed by atoms with E-state index in [4.69, 9.17) is 0 Å². The summed E-state index contributed by atoms with van der Waals surface area (Å²) in [6.45, 7) is 4.23. The summed E-state index contributed by atoms with van der Waals surface area (Å²) in [5, 5.41) is 13.5. The van der Waals surface area contributed by atoms with Gasteiger partial charge in [-0.3, -0.25) is 4.98 Å². The van der Waals surface area contributed by atoms with E-state index in [1.165, 1.54) is 6.20 Å². The monoisotopic (exact) mass is 272 g/mol. The molecule has 1 aromatic carbocycles. The fourth-order valence-corrected chi connectivity index (χ4v) is 2.29. The normalized spacial score (nSPS) is 12.3. The third-order valence-electron chi connectivity index (χ3n) is 3.39. The first-order valence-electron chi connectivity index (χ1n) is 7.01. The lowest BCUT2D eigenvalue weighted by Gasteiger charge is -2.18. The number of rotatable bonds is 6. The number of pyridine rings is 1. The first-order chi connectivity index (χ1) is 9.63.